The lowest BCUT2D eigenvalue weighted by molar-refractivity contribution is -0.136. The highest BCUT2D eigenvalue weighted by molar-refractivity contribution is 6.05. The first-order valence-corrected chi connectivity index (χ1v) is 10.8. The number of benzene rings is 1. The smallest absolute Gasteiger partial charge is 0.255 e. The number of hydrogen-bond donors (Lipinski definition) is 3. The largest absolute Gasteiger partial charge is 0.322 e. The number of imide groups is 1. The predicted octanol–water partition coefficient (Wildman–Crippen LogP) is 1.07. The molecular weight excluding hydrogens is 368 g/mol. The molecule has 2 bridgehead atoms. The molecule has 5 rings (SSSR count). The van der Waals surface area contributed by atoms with Crippen LogP contribution in [0.1, 0.15) is 60.0 Å². The Hall–Kier alpha value is -2.25. The molecule has 0 aromatic heterocycles. The molecule has 3 atom stereocenters. The first kappa shape index (κ1) is 18.8. The molecule has 7 heteroatoms. The van der Waals surface area contributed by atoms with Crippen molar-refractivity contribution >= 4 is 17.7 Å². The lowest BCUT2D eigenvalue weighted by Crippen LogP contribution is -2.52. The minimum Gasteiger partial charge on any atom is -0.322 e. The number of piperidine rings is 1. The van der Waals surface area contributed by atoms with Gasteiger partial charge in [-0.25, -0.2) is 0 Å². The van der Waals surface area contributed by atoms with Crippen LogP contribution in [0.15, 0.2) is 18.2 Å². The second-order valence-electron chi connectivity index (χ2n) is 9.12. The van der Waals surface area contributed by atoms with Gasteiger partial charge in [-0.15, -0.1) is 0 Å². The monoisotopic (exact) mass is 396 g/mol. The first-order valence-electron chi connectivity index (χ1n) is 10.8. The van der Waals surface area contributed by atoms with Crippen LogP contribution in [-0.2, 0) is 22.7 Å². The van der Waals surface area contributed by atoms with Gasteiger partial charge in [0.2, 0.25) is 11.8 Å². The number of nitrogens with zero attached hydrogens (tertiary/aromatic N) is 1. The van der Waals surface area contributed by atoms with Gasteiger partial charge in [-0.2, -0.15) is 0 Å². The van der Waals surface area contributed by atoms with E-state index in [4.69, 9.17) is 0 Å². The Morgan fingerprint density at radius 2 is 2.10 bits per heavy atom. The summed E-state index contributed by atoms with van der Waals surface area (Å²) in [6, 6.07) is 5.40. The molecule has 3 amide bonds. The summed E-state index contributed by atoms with van der Waals surface area (Å²) < 4.78 is 0. The van der Waals surface area contributed by atoms with Crippen molar-refractivity contribution in [1.82, 2.24) is 20.9 Å². The fourth-order valence-corrected chi connectivity index (χ4v) is 5.59. The van der Waals surface area contributed by atoms with Crippen LogP contribution < -0.4 is 16.0 Å². The Balaban J connectivity index is 1.22. The lowest BCUT2D eigenvalue weighted by atomic mass is 9.80. The lowest BCUT2D eigenvalue weighted by Gasteiger charge is -2.33. The number of rotatable bonds is 5. The van der Waals surface area contributed by atoms with Crippen LogP contribution in [0.25, 0.3) is 0 Å². The zero-order valence-electron chi connectivity index (χ0n) is 16.6. The molecule has 3 fully saturated rings. The van der Waals surface area contributed by atoms with Crippen LogP contribution in [0.2, 0.25) is 0 Å². The summed E-state index contributed by atoms with van der Waals surface area (Å²) >= 11 is 0. The molecule has 0 spiro atoms. The van der Waals surface area contributed by atoms with E-state index in [2.05, 4.69) is 22.0 Å². The fraction of sp³-hybridized carbons (Fsp3) is 0.591. The van der Waals surface area contributed by atoms with Crippen molar-refractivity contribution in [3.63, 3.8) is 0 Å². The van der Waals surface area contributed by atoms with E-state index >= 15 is 0 Å². The number of fused-ring (bicyclic) bond motifs is 3. The highest BCUT2D eigenvalue weighted by Gasteiger charge is 2.41. The first-order chi connectivity index (χ1) is 14.0. The number of nitrogens with one attached hydrogen (secondary N) is 3. The van der Waals surface area contributed by atoms with Crippen LogP contribution in [0.4, 0.5) is 0 Å². The van der Waals surface area contributed by atoms with E-state index in [1.807, 2.05) is 12.1 Å². The van der Waals surface area contributed by atoms with Gasteiger partial charge in [0.1, 0.15) is 6.04 Å². The van der Waals surface area contributed by atoms with E-state index < -0.39 is 6.04 Å². The second kappa shape index (κ2) is 7.22. The Bertz CT molecular complexity index is 866. The topological polar surface area (TPSA) is 90.5 Å². The highest BCUT2D eigenvalue weighted by atomic mass is 16.2. The molecule has 4 aliphatic rings. The Labute approximate surface area is 170 Å². The molecule has 1 aromatic rings. The number of amides is 3. The van der Waals surface area contributed by atoms with Gasteiger partial charge in [0.25, 0.3) is 5.91 Å². The van der Waals surface area contributed by atoms with Gasteiger partial charge in [0, 0.05) is 37.2 Å². The average Bonchev–Trinajstić information content (AvgIpc) is 3.18. The van der Waals surface area contributed by atoms with Crippen molar-refractivity contribution in [1.29, 1.82) is 0 Å². The Kier molecular flexibility index (Phi) is 4.67. The number of carbonyl (C=O) groups excluding carboxylic acids is 3. The molecule has 2 unspecified atom stereocenters. The van der Waals surface area contributed by atoms with Crippen molar-refractivity contribution in [2.45, 2.75) is 63.2 Å². The maximum Gasteiger partial charge on any atom is 0.255 e. The van der Waals surface area contributed by atoms with E-state index in [0.717, 1.165) is 36.7 Å². The highest BCUT2D eigenvalue weighted by Crippen LogP contribution is 2.37. The van der Waals surface area contributed by atoms with E-state index in [1.54, 1.807) is 4.90 Å². The van der Waals surface area contributed by atoms with Crippen LogP contribution in [0.5, 0.6) is 0 Å². The average molecular weight is 396 g/mol. The molecule has 0 radical (unpaired) electrons. The van der Waals surface area contributed by atoms with Gasteiger partial charge >= 0.3 is 0 Å². The van der Waals surface area contributed by atoms with E-state index in [9.17, 15) is 14.4 Å². The molecule has 154 valence electrons. The second-order valence-corrected chi connectivity index (χ2v) is 9.12. The Morgan fingerprint density at radius 1 is 1.21 bits per heavy atom. The van der Waals surface area contributed by atoms with Crippen molar-refractivity contribution in [2.75, 3.05) is 13.1 Å². The summed E-state index contributed by atoms with van der Waals surface area (Å²) in [7, 11) is 0. The van der Waals surface area contributed by atoms with Gasteiger partial charge < -0.3 is 15.5 Å². The van der Waals surface area contributed by atoms with Gasteiger partial charge in [-0.1, -0.05) is 18.6 Å². The molecule has 1 saturated carbocycles. The third-order valence-corrected chi connectivity index (χ3v) is 7.09. The minimum atomic E-state index is -0.555. The van der Waals surface area contributed by atoms with E-state index in [0.29, 0.717) is 18.5 Å². The maximum atomic E-state index is 12.8. The summed E-state index contributed by atoms with van der Waals surface area (Å²) in [4.78, 5) is 37.9. The third-order valence-electron chi connectivity index (χ3n) is 7.09. The van der Waals surface area contributed by atoms with E-state index in [1.165, 1.54) is 25.7 Å². The molecular formula is C22H28N4O3. The molecule has 1 aromatic carbocycles. The van der Waals surface area contributed by atoms with Crippen LogP contribution in [-0.4, -0.2) is 47.3 Å². The number of hydrogen-bond acceptors (Lipinski definition) is 5. The van der Waals surface area contributed by atoms with Crippen LogP contribution in [0.3, 0.4) is 0 Å². The maximum absolute atomic E-state index is 12.8. The summed E-state index contributed by atoms with van der Waals surface area (Å²) in [6.45, 7) is 3.33. The van der Waals surface area contributed by atoms with Crippen LogP contribution in [0, 0.1) is 5.92 Å². The van der Waals surface area contributed by atoms with Gasteiger partial charge in [0.15, 0.2) is 0 Å². The summed E-state index contributed by atoms with van der Waals surface area (Å²) in [5, 5.41) is 9.70. The minimum absolute atomic E-state index is 0.115. The third kappa shape index (κ3) is 3.46. The fourth-order valence-electron chi connectivity index (χ4n) is 5.59. The zero-order valence-corrected chi connectivity index (χ0v) is 16.6. The molecule has 3 aliphatic heterocycles. The van der Waals surface area contributed by atoms with Crippen molar-refractivity contribution in [3.8, 4) is 0 Å². The van der Waals surface area contributed by atoms with Crippen molar-refractivity contribution in [2.24, 2.45) is 5.92 Å². The van der Waals surface area contributed by atoms with Crippen molar-refractivity contribution in [3.05, 3.63) is 34.9 Å². The summed E-state index contributed by atoms with van der Waals surface area (Å²) in [5.74, 6) is 0.105. The quantitative estimate of drug-likeness (QED) is 0.648. The predicted molar refractivity (Wildman–Crippen MR) is 107 cm³/mol. The summed E-state index contributed by atoms with van der Waals surface area (Å²) in [5.41, 5.74) is 3.06. The molecule has 2 saturated heterocycles. The molecule has 3 N–H and O–H groups in total. The van der Waals surface area contributed by atoms with Gasteiger partial charge in [0.05, 0.1) is 0 Å². The molecule has 29 heavy (non-hydrogen) atoms. The molecule has 7 nitrogen and oxygen atoms in total. The molecule has 1 aliphatic carbocycles. The normalized spacial score (nSPS) is 31.2. The van der Waals surface area contributed by atoms with Gasteiger partial charge in [-0.3, -0.25) is 19.7 Å². The standard InChI is InChI=1S/C22H28N4O3/c27-19-6-5-18(20(28)25-19)26-12-16-8-14(3-4-17(16)21(26)29)10-23-13-22-7-1-2-15(9-22)11-24-22/h3-4,8,15,18,23-24H,1-2,5-7,9-13H2,(H,25,27,28)/t15?,18?,22-/m0/s1. The zero-order chi connectivity index (χ0) is 20.0. The SMILES string of the molecule is O=C1CCC(N2Cc3cc(CNC[C@@]45CCCC(CN4)C5)ccc3C2=O)C(=O)N1. The Morgan fingerprint density at radius 3 is 2.97 bits per heavy atom. The van der Waals surface area contributed by atoms with Crippen molar-refractivity contribution < 1.29 is 14.4 Å². The summed E-state index contributed by atoms with van der Waals surface area (Å²) in [6.07, 6.45) is 5.88. The van der Waals surface area contributed by atoms with Crippen LogP contribution >= 0.6 is 0 Å². The number of carbonyl (C=O) groups is 3. The molecule has 3 heterocycles. The van der Waals surface area contributed by atoms with E-state index in [-0.39, 0.29) is 29.7 Å². The van der Waals surface area contributed by atoms with Gasteiger partial charge in [-0.05, 0) is 55.3 Å².